The van der Waals surface area contributed by atoms with Crippen LogP contribution in [0.1, 0.15) is 45.2 Å². The molecule has 0 spiro atoms. The highest BCUT2D eigenvalue weighted by Crippen LogP contribution is 2.30. The smallest absolute Gasteiger partial charge is 0.261 e. The minimum atomic E-state index is -0.641. The van der Waals surface area contributed by atoms with E-state index >= 15 is 0 Å². The highest BCUT2D eigenvalue weighted by Gasteiger charge is 2.38. The fourth-order valence-corrected chi connectivity index (χ4v) is 4.72. The molecule has 8 nitrogen and oxygen atoms in total. The number of amides is 3. The Kier molecular flexibility index (Phi) is 6.78. The molecule has 0 bridgehead atoms. The van der Waals surface area contributed by atoms with E-state index in [-0.39, 0.29) is 13.0 Å². The molecule has 186 valence electrons. The summed E-state index contributed by atoms with van der Waals surface area (Å²) in [6, 6.07) is 18.6. The zero-order valence-corrected chi connectivity index (χ0v) is 21.2. The zero-order chi connectivity index (χ0) is 26.1. The number of rotatable bonds is 4. The van der Waals surface area contributed by atoms with E-state index in [2.05, 4.69) is 15.8 Å². The quantitative estimate of drug-likeness (QED) is 0.378. The van der Waals surface area contributed by atoms with Gasteiger partial charge in [-0.2, -0.15) is 0 Å². The number of hydrogen-bond donors (Lipinski definition) is 2. The molecule has 2 aliphatic rings. The van der Waals surface area contributed by atoms with E-state index in [4.69, 9.17) is 28.2 Å². The van der Waals surface area contributed by atoms with Crippen molar-refractivity contribution in [2.45, 2.75) is 19.4 Å². The molecule has 2 N–H and O–H groups in total. The first-order valence-electron chi connectivity index (χ1n) is 11.5. The summed E-state index contributed by atoms with van der Waals surface area (Å²) in [6.45, 7) is 1.80. The van der Waals surface area contributed by atoms with Crippen LogP contribution >= 0.6 is 23.2 Å². The van der Waals surface area contributed by atoms with Gasteiger partial charge in [-0.15, -0.1) is 0 Å². The molecule has 2 heterocycles. The molecule has 2 aliphatic heterocycles. The standard InChI is InChI=1S/C27H21Cl2N5O3/c1-15(34-26(36)17-6-2-3-7-18(17)27(34)37)12-24(35)33-32-23-14-30-25(19-8-4-5-9-21(19)29)20-13-16(28)10-11-22(20)31-23/h2-11,13,15H,12,14H2,1H3,(H,31,32)(H,33,35). The Hall–Kier alpha value is -4.01. The summed E-state index contributed by atoms with van der Waals surface area (Å²) in [5, 5.41) is 1.07. The summed E-state index contributed by atoms with van der Waals surface area (Å²) in [5.41, 5.74) is 8.81. The molecule has 10 heteroatoms. The third-order valence-electron chi connectivity index (χ3n) is 6.08. The number of nitrogens with zero attached hydrogens (tertiary/aromatic N) is 3. The van der Waals surface area contributed by atoms with E-state index in [9.17, 15) is 14.4 Å². The van der Waals surface area contributed by atoms with Gasteiger partial charge in [-0.25, -0.2) is 4.99 Å². The summed E-state index contributed by atoms with van der Waals surface area (Å²) in [4.78, 5) is 48.5. The van der Waals surface area contributed by atoms with Crippen LogP contribution in [0.3, 0.4) is 0 Å². The lowest BCUT2D eigenvalue weighted by Gasteiger charge is -2.22. The first kappa shape index (κ1) is 24.7. The van der Waals surface area contributed by atoms with E-state index < -0.39 is 23.8 Å². The molecule has 3 amide bonds. The molecular formula is C27H21Cl2N5O3. The molecule has 0 saturated heterocycles. The number of amidine groups is 1. The van der Waals surface area contributed by atoms with Gasteiger partial charge in [-0.3, -0.25) is 35.1 Å². The third kappa shape index (κ3) is 4.85. The number of halogens is 2. The Balaban J connectivity index is 1.29. The number of imide groups is 1. The van der Waals surface area contributed by atoms with Gasteiger partial charge < -0.3 is 0 Å². The van der Waals surface area contributed by atoms with Crippen LogP contribution in [0.25, 0.3) is 0 Å². The molecule has 0 aromatic heterocycles. The minimum Gasteiger partial charge on any atom is -0.284 e. The first-order valence-corrected chi connectivity index (χ1v) is 12.3. The monoisotopic (exact) mass is 533 g/mol. The van der Waals surface area contributed by atoms with Crippen LogP contribution in [0.2, 0.25) is 10.0 Å². The fraction of sp³-hybridized carbons (Fsp3) is 0.148. The first-order chi connectivity index (χ1) is 17.8. The van der Waals surface area contributed by atoms with Gasteiger partial charge in [-0.05, 0) is 43.3 Å². The lowest BCUT2D eigenvalue weighted by molar-refractivity contribution is -0.122. The van der Waals surface area contributed by atoms with E-state index in [0.717, 1.165) is 10.5 Å². The van der Waals surface area contributed by atoms with Crippen LogP contribution in [0.4, 0.5) is 5.69 Å². The van der Waals surface area contributed by atoms with Crippen molar-refractivity contribution in [2.75, 3.05) is 6.54 Å². The number of fused-ring (bicyclic) bond motifs is 2. The fourth-order valence-electron chi connectivity index (χ4n) is 4.33. The van der Waals surface area contributed by atoms with Crippen molar-refractivity contribution in [1.29, 1.82) is 0 Å². The van der Waals surface area contributed by atoms with Crippen LogP contribution in [0.15, 0.2) is 76.7 Å². The SMILES string of the molecule is CC(CC(=O)NNC1=Nc2ccc(Cl)cc2C(c2ccccc2Cl)=NC1)N1C(=O)c2ccccc2C1=O. The molecule has 37 heavy (non-hydrogen) atoms. The third-order valence-corrected chi connectivity index (χ3v) is 6.64. The topological polar surface area (TPSA) is 103 Å². The normalized spacial score (nSPS) is 15.3. The van der Waals surface area contributed by atoms with Crippen molar-refractivity contribution in [1.82, 2.24) is 15.8 Å². The molecule has 0 saturated carbocycles. The second kappa shape index (κ2) is 10.2. The van der Waals surface area contributed by atoms with Crippen molar-refractivity contribution in [3.05, 3.63) is 99.0 Å². The molecule has 3 aromatic carbocycles. The average molecular weight is 534 g/mol. The van der Waals surface area contributed by atoms with Crippen LogP contribution in [-0.2, 0) is 4.79 Å². The second-order valence-electron chi connectivity index (χ2n) is 8.62. The molecular weight excluding hydrogens is 513 g/mol. The lowest BCUT2D eigenvalue weighted by Crippen LogP contribution is -2.46. The van der Waals surface area contributed by atoms with E-state index in [1.807, 2.05) is 18.2 Å². The summed E-state index contributed by atoms with van der Waals surface area (Å²) in [5.74, 6) is -0.826. The number of carbonyl (C=O) groups is 3. The van der Waals surface area contributed by atoms with Crippen molar-refractivity contribution < 1.29 is 14.4 Å². The molecule has 1 atom stereocenters. The van der Waals surface area contributed by atoms with Crippen molar-refractivity contribution in [3.63, 3.8) is 0 Å². The maximum atomic E-state index is 12.7. The maximum Gasteiger partial charge on any atom is 0.261 e. The number of nitrogens with one attached hydrogen (secondary N) is 2. The Morgan fingerprint density at radius 2 is 1.59 bits per heavy atom. The van der Waals surface area contributed by atoms with Gasteiger partial charge in [0.25, 0.3) is 11.8 Å². The second-order valence-corrected chi connectivity index (χ2v) is 9.46. The van der Waals surface area contributed by atoms with Gasteiger partial charge in [-0.1, -0.05) is 53.5 Å². The van der Waals surface area contributed by atoms with Gasteiger partial charge in [0.2, 0.25) is 5.91 Å². The highest BCUT2D eigenvalue weighted by atomic mass is 35.5. The number of hydrogen-bond acceptors (Lipinski definition) is 6. The molecule has 3 aromatic rings. The molecule has 0 aliphatic carbocycles. The average Bonchev–Trinajstić information content (AvgIpc) is 3.02. The summed E-state index contributed by atoms with van der Waals surface area (Å²) in [7, 11) is 0. The Morgan fingerprint density at radius 1 is 0.946 bits per heavy atom. The Labute approximate surface area is 223 Å². The van der Waals surface area contributed by atoms with Crippen LogP contribution in [-0.4, -0.2) is 46.8 Å². The number of hydrazine groups is 1. The highest BCUT2D eigenvalue weighted by molar-refractivity contribution is 6.36. The molecule has 1 unspecified atom stereocenters. The van der Waals surface area contributed by atoms with Crippen LogP contribution in [0, 0.1) is 0 Å². The van der Waals surface area contributed by atoms with E-state index in [1.54, 1.807) is 55.5 Å². The Morgan fingerprint density at radius 3 is 2.27 bits per heavy atom. The van der Waals surface area contributed by atoms with Gasteiger partial charge in [0.15, 0.2) is 0 Å². The Bertz CT molecular complexity index is 1470. The van der Waals surface area contributed by atoms with Crippen molar-refractivity contribution in [2.24, 2.45) is 9.98 Å². The number of carbonyl (C=O) groups excluding carboxylic acids is 3. The van der Waals surface area contributed by atoms with E-state index in [0.29, 0.717) is 44.0 Å². The van der Waals surface area contributed by atoms with Crippen LogP contribution < -0.4 is 10.9 Å². The van der Waals surface area contributed by atoms with Gasteiger partial charge >= 0.3 is 0 Å². The van der Waals surface area contributed by atoms with Crippen LogP contribution in [0.5, 0.6) is 0 Å². The number of aliphatic imine (C=N–C) groups is 2. The summed E-state index contributed by atoms with van der Waals surface area (Å²) >= 11 is 12.7. The van der Waals surface area contributed by atoms with Gasteiger partial charge in [0, 0.05) is 33.6 Å². The van der Waals surface area contributed by atoms with Crippen molar-refractivity contribution >= 4 is 58.2 Å². The number of benzene rings is 3. The zero-order valence-electron chi connectivity index (χ0n) is 19.7. The molecule has 0 fully saturated rings. The van der Waals surface area contributed by atoms with Gasteiger partial charge in [0.1, 0.15) is 5.84 Å². The predicted molar refractivity (Wildman–Crippen MR) is 143 cm³/mol. The maximum absolute atomic E-state index is 12.7. The largest absolute Gasteiger partial charge is 0.284 e. The minimum absolute atomic E-state index is 0.0912. The molecule has 0 radical (unpaired) electrons. The summed E-state index contributed by atoms with van der Waals surface area (Å²) in [6.07, 6.45) is -0.0912. The molecule has 5 rings (SSSR count). The van der Waals surface area contributed by atoms with Crippen molar-refractivity contribution in [3.8, 4) is 0 Å². The lowest BCUT2D eigenvalue weighted by atomic mass is 10.0. The predicted octanol–water partition coefficient (Wildman–Crippen LogP) is 4.57. The summed E-state index contributed by atoms with van der Waals surface area (Å²) < 4.78 is 0. The van der Waals surface area contributed by atoms with E-state index in [1.165, 1.54) is 0 Å². The van der Waals surface area contributed by atoms with Gasteiger partial charge in [0.05, 0.1) is 29.1 Å².